The zero-order chi connectivity index (χ0) is 17.5. The summed E-state index contributed by atoms with van der Waals surface area (Å²) in [6.45, 7) is 6.51. The first-order chi connectivity index (χ1) is 11.5. The maximum Gasteiger partial charge on any atom is 0.317 e. The van der Waals surface area contributed by atoms with E-state index in [0.717, 1.165) is 25.9 Å². The number of piperazine rings is 1. The highest BCUT2D eigenvalue weighted by Gasteiger charge is 2.28. The lowest BCUT2D eigenvalue weighted by Crippen LogP contribution is -2.56. The smallest absolute Gasteiger partial charge is 0.317 e. The van der Waals surface area contributed by atoms with Gasteiger partial charge in [0, 0.05) is 45.4 Å². The van der Waals surface area contributed by atoms with Gasteiger partial charge in [0.1, 0.15) is 0 Å². The van der Waals surface area contributed by atoms with Crippen molar-refractivity contribution in [2.24, 2.45) is 0 Å². The molecule has 2 saturated heterocycles. The van der Waals surface area contributed by atoms with Crippen molar-refractivity contribution in [3.05, 3.63) is 0 Å². The average Bonchev–Trinajstić information content (AvgIpc) is 2.59. The van der Waals surface area contributed by atoms with Crippen LogP contribution in [0.4, 0.5) is 4.79 Å². The molecule has 2 rings (SSSR count). The molecule has 24 heavy (non-hydrogen) atoms. The summed E-state index contributed by atoms with van der Waals surface area (Å²) in [4.78, 5) is 39.1. The minimum atomic E-state index is -0.586. The Labute approximate surface area is 142 Å². The second-order valence-corrected chi connectivity index (χ2v) is 6.58. The number of hydrogen-bond acceptors (Lipinski definition) is 4. The summed E-state index contributed by atoms with van der Waals surface area (Å²) in [5.41, 5.74) is 0. The standard InChI is InChI=1S/C16H28N4O4/c1-12(2)18-14(21)15(22)19-6-8-20(9-7-19)16(23)17-11-13-5-3-4-10-24-13/h12-13H,3-11H2,1-2H3,(H,17,23)(H,18,21). The molecule has 2 heterocycles. The molecule has 8 heteroatoms. The van der Waals surface area contributed by atoms with Gasteiger partial charge < -0.3 is 25.2 Å². The number of nitrogens with one attached hydrogen (secondary N) is 2. The molecule has 1 unspecified atom stereocenters. The number of nitrogens with zero attached hydrogens (tertiary/aromatic N) is 2. The van der Waals surface area contributed by atoms with Gasteiger partial charge in [-0.25, -0.2) is 4.79 Å². The van der Waals surface area contributed by atoms with Crippen LogP contribution in [0, 0.1) is 0 Å². The molecule has 2 N–H and O–H groups in total. The van der Waals surface area contributed by atoms with Crippen LogP contribution in [0.3, 0.4) is 0 Å². The van der Waals surface area contributed by atoms with Gasteiger partial charge in [-0.3, -0.25) is 9.59 Å². The Kier molecular flexibility index (Phi) is 6.84. The molecular weight excluding hydrogens is 312 g/mol. The van der Waals surface area contributed by atoms with Crippen molar-refractivity contribution in [1.29, 1.82) is 0 Å². The molecule has 4 amide bonds. The molecule has 8 nitrogen and oxygen atoms in total. The predicted octanol–water partition coefficient (Wildman–Crippen LogP) is -0.0661. The van der Waals surface area contributed by atoms with Crippen molar-refractivity contribution >= 4 is 17.8 Å². The molecule has 0 aromatic carbocycles. The Morgan fingerprint density at radius 1 is 1.08 bits per heavy atom. The van der Waals surface area contributed by atoms with E-state index in [-0.39, 0.29) is 18.2 Å². The second kappa shape index (κ2) is 8.86. The van der Waals surface area contributed by atoms with Gasteiger partial charge in [-0.1, -0.05) is 0 Å². The monoisotopic (exact) mass is 340 g/mol. The first kappa shape index (κ1) is 18.5. The van der Waals surface area contributed by atoms with Gasteiger partial charge in [-0.15, -0.1) is 0 Å². The third-order valence-corrected chi connectivity index (χ3v) is 4.22. The normalized spacial score (nSPS) is 21.5. The second-order valence-electron chi connectivity index (χ2n) is 6.58. The third-order valence-electron chi connectivity index (χ3n) is 4.22. The summed E-state index contributed by atoms with van der Waals surface area (Å²) in [5, 5.41) is 5.49. The summed E-state index contributed by atoms with van der Waals surface area (Å²) in [7, 11) is 0. The highest BCUT2D eigenvalue weighted by Crippen LogP contribution is 2.12. The van der Waals surface area contributed by atoms with Crippen molar-refractivity contribution in [2.75, 3.05) is 39.3 Å². The molecule has 0 radical (unpaired) electrons. The Hall–Kier alpha value is -1.83. The van der Waals surface area contributed by atoms with Crippen LogP contribution >= 0.6 is 0 Å². The summed E-state index contributed by atoms with van der Waals surface area (Å²) < 4.78 is 5.59. The number of urea groups is 1. The van der Waals surface area contributed by atoms with Crippen LogP contribution in [0.5, 0.6) is 0 Å². The van der Waals surface area contributed by atoms with Gasteiger partial charge in [0.15, 0.2) is 0 Å². The van der Waals surface area contributed by atoms with E-state index in [9.17, 15) is 14.4 Å². The van der Waals surface area contributed by atoms with E-state index in [4.69, 9.17) is 4.74 Å². The van der Waals surface area contributed by atoms with E-state index in [1.165, 1.54) is 4.90 Å². The van der Waals surface area contributed by atoms with Gasteiger partial charge >= 0.3 is 17.8 Å². The van der Waals surface area contributed by atoms with Gasteiger partial charge in [0.05, 0.1) is 6.10 Å². The number of carbonyl (C=O) groups is 3. The maximum atomic E-state index is 12.2. The van der Waals surface area contributed by atoms with Crippen LogP contribution in [-0.2, 0) is 14.3 Å². The minimum Gasteiger partial charge on any atom is -0.376 e. The van der Waals surface area contributed by atoms with Gasteiger partial charge in [-0.05, 0) is 33.1 Å². The zero-order valence-electron chi connectivity index (χ0n) is 14.5. The average molecular weight is 340 g/mol. The topological polar surface area (TPSA) is 91.0 Å². The van der Waals surface area contributed by atoms with E-state index in [2.05, 4.69) is 10.6 Å². The molecule has 0 bridgehead atoms. The van der Waals surface area contributed by atoms with Crippen LogP contribution in [0.2, 0.25) is 0 Å². The lowest BCUT2D eigenvalue weighted by atomic mass is 10.1. The van der Waals surface area contributed by atoms with Crippen molar-refractivity contribution in [3.8, 4) is 0 Å². The van der Waals surface area contributed by atoms with E-state index in [1.54, 1.807) is 4.90 Å². The number of rotatable bonds is 3. The van der Waals surface area contributed by atoms with E-state index < -0.39 is 11.8 Å². The van der Waals surface area contributed by atoms with Crippen molar-refractivity contribution < 1.29 is 19.1 Å². The summed E-state index contributed by atoms with van der Waals surface area (Å²) in [6, 6.07) is -0.210. The number of carbonyl (C=O) groups excluding carboxylic acids is 3. The van der Waals surface area contributed by atoms with Crippen LogP contribution in [-0.4, -0.2) is 79.1 Å². The summed E-state index contributed by atoms with van der Waals surface area (Å²) in [5.74, 6) is -1.11. The molecule has 0 aliphatic carbocycles. The van der Waals surface area contributed by atoms with Crippen LogP contribution in [0.15, 0.2) is 0 Å². The Morgan fingerprint density at radius 2 is 1.75 bits per heavy atom. The van der Waals surface area contributed by atoms with Crippen LogP contribution < -0.4 is 10.6 Å². The first-order valence-electron chi connectivity index (χ1n) is 8.71. The highest BCUT2D eigenvalue weighted by molar-refractivity contribution is 6.35. The Morgan fingerprint density at radius 3 is 2.33 bits per heavy atom. The third kappa shape index (κ3) is 5.36. The van der Waals surface area contributed by atoms with Gasteiger partial charge in [0.25, 0.3) is 0 Å². The van der Waals surface area contributed by atoms with Crippen molar-refractivity contribution in [3.63, 3.8) is 0 Å². The molecule has 2 aliphatic heterocycles. The fraction of sp³-hybridized carbons (Fsp3) is 0.812. The molecule has 0 aromatic heterocycles. The maximum absolute atomic E-state index is 12.2. The summed E-state index contributed by atoms with van der Waals surface area (Å²) >= 11 is 0. The lowest BCUT2D eigenvalue weighted by Gasteiger charge is -2.34. The van der Waals surface area contributed by atoms with E-state index in [1.807, 2.05) is 13.8 Å². The highest BCUT2D eigenvalue weighted by atomic mass is 16.5. The molecule has 2 fully saturated rings. The largest absolute Gasteiger partial charge is 0.376 e. The zero-order valence-corrected chi connectivity index (χ0v) is 14.5. The predicted molar refractivity (Wildman–Crippen MR) is 88.4 cm³/mol. The molecular formula is C16H28N4O4. The molecule has 2 aliphatic rings. The number of hydrogen-bond donors (Lipinski definition) is 2. The van der Waals surface area contributed by atoms with Crippen molar-refractivity contribution in [2.45, 2.75) is 45.3 Å². The molecule has 0 aromatic rings. The van der Waals surface area contributed by atoms with Gasteiger partial charge in [0.2, 0.25) is 0 Å². The van der Waals surface area contributed by atoms with Crippen LogP contribution in [0.25, 0.3) is 0 Å². The summed E-state index contributed by atoms with van der Waals surface area (Å²) in [6.07, 6.45) is 3.31. The van der Waals surface area contributed by atoms with E-state index >= 15 is 0 Å². The van der Waals surface area contributed by atoms with Crippen LogP contribution in [0.1, 0.15) is 33.1 Å². The minimum absolute atomic E-state index is 0.0736. The quantitative estimate of drug-likeness (QED) is 0.704. The molecule has 136 valence electrons. The Bertz CT molecular complexity index is 455. The first-order valence-corrected chi connectivity index (χ1v) is 8.71. The number of amides is 4. The molecule has 0 spiro atoms. The molecule has 1 atom stereocenters. The van der Waals surface area contributed by atoms with Gasteiger partial charge in [-0.2, -0.15) is 0 Å². The Balaban J connectivity index is 1.70. The fourth-order valence-corrected chi connectivity index (χ4v) is 2.86. The number of ether oxygens (including phenoxy) is 1. The van der Waals surface area contributed by atoms with E-state index in [0.29, 0.717) is 32.7 Å². The SMILES string of the molecule is CC(C)NC(=O)C(=O)N1CCN(C(=O)NCC2CCCCO2)CC1. The molecule has 0 saturated carbocycles. The lowest BCUT2D eigenvalue weighted by molar-refractivity contribution is -0.147. The fourth-order valence-electron chi connectivity index (χ4n) is 2.86. The van der Waals surface area contributed by atoms with Crippen molar-refractivity contribution in [1.82, 2.24) is 20.4 Å².